The van der Waals surface area contributed by atoms with E-state index in [-0.39, 0.29) is 0 Å². The van der Waals surface area contributed by atoms with E-state index in [0.29, 0.717) is 5.92 Å². The first-order valence-corrected chi connectivity index (χ1v) is 8.48. The van der Waals surface area contributed by atoms with Crippen LogP contribution in [0.3, 0.4) is 0 Å². The van der Waals surface area contributed by atoms with Gasteiger partial charge in [-0.25, -0.2) is 0 Å². The van der Waals surface area contributed by atoms with Crippen LogP contribution >= 0.6 is 15.9 Å². The highest BCUT2D eigenvalue weighted by molar-refractivity contribution is 9.10. The Morgan fingerprint density at radius 3 is 2.24 bits per heavy atom. The Morgan fingerprint density at radius 2 is 1.57 bits per heavy atom. The van der Waals surface area contributed by atoms with Gasteiger partial charge in [-0.15, -0.1) is 0 Å². The molecule has 1 atom stereocenters. The van der Waals surface area contributed by atoms with E-state index < -0.39 is 0 Å². The summed E-state index contributed by atoms with van der Waals surface area (Å²) in [7, 11) is 0. The zero-order chi connectivity index (χ0) is 15.1. The molecule has 21 heavy (non-hydrogen) atoms. The average molecular weight is 346 g/mol. The Balaban J connectivity index is 2.11. The molecule has 1 nitrogen and oxygen atoms in total. The summed E-state index contributed by atoms with van der Waals surface area (Å²) in [5.74, 6) is 0.616. The van der Waals surface area contributed by atoms with E-state index in [9.17, 15) is 0 Å². The summed E-state index contributed by atoms with van der Waals surface area (Å²) in [6.07, 6.45) is 2.23. The summed E-state index contributed by atoms with van der Waals surface area (Å²) in [5, 5.41) is 3.51. The standard InChI is InChI=1S/C19H24BrN/c1-3-21-14-16(12-17-9-5-4-8-15(17)2)13-18-10-6-7-11-19(18)20/h4-11,16,21H,3,12-14H2,1-2H3. The number of nitrogens with one attached hydrogen (secondary N) is 1. The van der Waals surface area contributed by atoms with Crippen LogP contribution in [0.2, 0.25) is 0 Å². The third-order valence-corrected chi connectivity index (χ3v) is 4.69. The Bertz CT molecular complexity index is 517. The molecular weight excluding hydrogens is 322 g/mol. The SMILES string of the molecule is CCNCC(Cc1ccccc1C)Cc1ccccc1Br. The van der Waals surface area contributed by atoms with Crippen molar-refractivity contribution in [3.05, 3.63) is 69.7 Å². The molecule has 0 amide bonds. The van der Waals surface area contributed by atoms with Gasteiger partial charge in [0.25, 0.3) is 0 Å². The van der Waals surface area contributed by atoms with Gasteiger partial charge in [-0.05, 0) is 61.5 Å². The van der Waals surface area contributed by atoms with Crippen molar-refractivity contribution in [2.24, 2.45) is 5.92 Å². The first kappa shape index (κ1) is 16.3. The van der Waals surface area contributed by atoms with Crippen molar-refractivity contribution in [1.82, 2.24) is 5.32 Å². The van der Waals surface area contributed by atoms with Crippen LogP contribution in [0.1, 0.15) is 23.6 Å². The molecule has 2 aromatic carbocycles. The third kappa shape index (κ3) is 4.98. The van der Waals surface area contributed by atoms with Crippen LogP contribution in [0.5, 0.6) is 0 Å². The second-order valence-electron chi connectivity index (χ2n) is 5.60. The van der Waals surface area contributed by atoms with Crippen molar-refractivity contribution in [3.8, 4) is 0 Å². The van der Waals surface area contributed by atoms with Crippen LogP contribution in [0.15, 0.2) is 53.0 Å². The van der Waals surface area contributed by atoms with Gasteiger partial charge in [0.15, 0.2) is 0 Å². The highest BCUT2D eigenvalue weighted by atomic mass is 79.9. The van der Waals surface area contributed by atoms with Crippen molar-refractivity contribution in [3.63, 3.8) is 0 Å². The fourth-order valence-electron chi connectivity index (χ4n) is 2.69. The summed E-state index contributed by atoms with van der Waals surface area (Å²) in [6, 6.07) is 17.3. The summed E-state index contributed by atoms with van der Waals surface area (Å²) in [5.41, 5.74) is 4.26. The minimum atomic E-state index is 0.616. The van der Waals surface area contributed by atoms with Crippen LogP contribution < -0.4 is 5.32 Å². The van der Waals surface area contributed by atoms with Gasteiger partial charge in [0.05, 0.1) is 0 Å². The lowest BCUT2D eigenvalue weighted by Crippen LogP contribution is -2.26. The van der Waals surface area contributed by atoms with Crippen molar-refractivity contribution in [2.45, 2.75) is 26.7 Å². The molecule has 0 bridgehead atoms. The molecule has 2 aromatic rings. The van der Waals surface area contributed by atoms with Crippen LogP contribution in [0.4, 0.5) is 0 Å². The summed E-state index contributed by atoms with van der Waals surface area (Å²) in [6.45, 7) is 6.47. The number of rotatable bonds is 7. The molecule has 0 aliphatic rings. The Hall–Kier alpha value is -1.12. The molecule has 112 valence electrons. The first-order valence-electron chi connectivity index (χ1n) is 7.69. The number of hydrogen-bond donors (Lipinski definition) is 1. The van der Waals surface area contributed by atoms with E-state index in [4.69, 9.17) is 0 Å². The number of halogens is 1. The monoisotopic (exact) mass is 345 g/mol. The molecule has 0 aliphatic heterocycles. The van der Waals surface area contributed by atoms with E-state index in [1.165, 1.54) is 21.2 Å². The van der Waals surface area contributed by atoms with E-state index in [1.54, 1.807) is 0 Å². The summed E-state index contributed by atoms with van der Waals surface area (Å²) >= 11 is 3.67. The number of aryl methyl sites for hydroxylation is 1. The van der Waals surface area contributed by atoms with Crippen molar-refractivity contribution in [1.29, 1.82) is 0 Å². The van der Waals surface area contributed by atoms with E-state index >= 15 is 0 Å². The topological polar surface area (TPSA) is 12.0 Å². The fraction of sp³-hybridized carbons (Fsp3) is 0.368. The molecule has 2 heteroatoms. The smallest absolute Gasteiger partial charge is 0.0207 e. The van der Waals surface area contributed by atoms with Gasteiger partial charge in [0.1, 0.15) is 0 Å². The van der Waals surface area contributed by atoms with Crippen molar-refractivity contribution >= 4 is 15.9 Å². The molecule has 0 saturated heterocycles. The lowest BCUT2D eigenvalue weighted by molar-refractivity contribution is 0.477. The highest BCUT2D eigenvalue weighted by Crippen LogP contribution is 2.22. The quantitative estimate of drug-likeness (QED) is 0.762. The molecule has 0 heterocycles. The maximum absolute atomic E-state index is 3.67. The molecule has 0 aliphatic carbocycles. The lowest BCUT2D eigenvalue weighted by atomic mass is 9.90. The zero-order valence-electron chi connectivity index (χ0n) is 12.9. The molecule has 0 fully saturated rings. The molecule has 0 spiro atoms. The summed E-state index contributed by atoms with van der Waals surface area (Å²) in [4.78, 5) is 0. The van der Waals surface area contributed by atoms with E-state index in [2.05, 4.69) is 83.6 Å². The Labute approximate surface area is 136 Å². The van der Waals surface area contributed by atoms with Crippen LogP contribution in [0.25, 0.3) is 0 Å². The molecule has 0 aromatic heterocycles. The van der Waals surface area contributed by atoms with Gasteiger partial charge < -0.3 is 5.32 Å². The molecule has 1 N–H and O–H groups in total. The molecule has 1 unspecified atom stereocenters. The van der Waals surface area contributed by atoms with E-state index in [1.807, 2.05) is 0 Å². The fourth-order valence-corrected chi connectivity index (χ4v) is 3.14. The largest absolute Gasteiger partial charge is 0.317 e. The molecule has 2 rings (SSSR count). The second kappa shape index (κ2) is 8.35. The van der Waals surface area contributed by atoms with Crippen molar-refractivity contribution < 1.29 is 0 Å². The van der Waals surface area contributed by atoms with Crippen molar-refractivity contribution in [2.75, 3.05) is 13.1 Å². The normalized spacial score (nSPS) is 12.3. The molecular formula is C19H24BrN. The van der Waals surface area contributed by atoms with Gasteiger partial charge in [0.2, 0.25) is 0 Å². The van der Waals surface area contributed by atoms with Gasteiger partial charge in [-0.1, -0.05) is 65.3 Å². The van der Waals surface area contributed by atoms with Gasteiger partial charge >= 0.3 is 0 Å². The minimum absolute atomic E-state index is 0.616. The molecule has 0 saturated carbocycles. The van der Waals surface area contributed by atoms with Crippen LogP contribution in [-0.4, -0.2) is 13.1 Å². The van der Waals surface area contributed by atoms with Crippen LogP contribution in [-0.2, 0) is 12.8 Å². The Kier molecular flexibility index (Phi) is 6.47. The number of benzene rings is 2. The summed E-state index contributed by atoms with van der Waals surface area (Å²) < 4.78 is 1.22. The van der Waals surface area contributed by atoms with Gasteiger partial charge in [0, 0.05) is 4.47 Å². The predicted octanol–water partition coefficient (Wildman–Crippen LogP) is 4.77. The minimum Gasteiger partial charge on any atom is -0.317 e. The predicted molar refractivity (Wildman–Crippen MR) is 94.8 cm³/mol. The Morgan fingerprint density at radius 1 is 0.952 bits per heavy atom. The van der Waals surface area contributed by atoms with Gasteiger partial charge in [-0.3, -0.25) is 0 Å². The second-order valence-corrected chi connectivity index (χ2v) is 6.45. The number of hydrogen-bond acceptors (Lipinski definition) is 1. The lowest BCUT2D eigenvalue weighted by Gasteiger charge is -2.19. The highest BCUT2D eigenvalue weighted by Gasteiger charge is 2.13. The van der Waals surface area contributed by atoms with E-state index in [0.717, 1.165) is 25.9 Å². The van der Waals surface area contributed by atoms with Crippen LogP contribution in [0, 0.1) is 12.8 Å². The first-order chi connectivity index (χ1) is 10.2. The molecule has 0 radical (unpaired) electrons. The van der Waals surface area contributed by atoms with Gasteiger partial charge in [-0.2, -0.15) is 0 Å². The third-order valence-electron chi connectivity index (χ3n) is 3.92. The maximum atomic E-state index is 3.67. The average Bonchev–Trinajstić information content (AvgIpc) is 2.49. The maximum Gasteiger partial charge on any atom is 0.0207 e. The zero-order valence-corrected chi connectivity index (χ0v) is 14.5.